The quantitative estimate of drug-likeness (QED) is 0.733. The molecule has 6 nitrogen and oxygen atoms in total. The van der Waals surface area contributed by atoms with Gasteiger partial charge >= 0.3 is 0 Å². The molecule has 1 aromatic heterocycles. The Balaban J connectivity index is 1.92. The van der Waals surface area contributed by atoms with E-state index in [-0.39, 0.29) is 5.91 Å². The van der Waals surface area contributed by atoms with Gasteiger partial charge in [-0.2, -0.15) is 0 Å². The molecule has 1 unspecified atom stereocenters. The summed E-state index contributed by atoms with van der Waals surface area (Å²) in [6.07, 6.45) is 0. The van der Waals surface area contributed by atoms with E-state index in [2.05, 4.69) is 15.6 Å². The second kappa shape index (κ2) is 6.69. The minimum absolute atomic E-state index is 0.370. The highest BCUT2D eigenvalue weighted by Gasteiger charge is 2.22. The van der Waals surface area contributed by atoms with Gasteiger partial charge in [-0.15, -0.1) is 11.3 Å². The molecule has 2 heterocycles. The Kier molecular flexibility index (Phi) is 4.94. The summed E-state index contributed by atoms with van der Waals surface area (Å²) in [5, 5.41) is 16.6. The number of rotatable bonds is 4. The molecule has 2 amide bonds. The lowest BCUT2D eigenvalue weighted by Crippen LogP contribution is -2.49. The average Bonchev–Trinajstić information content (AvgIpc) is 3.07. The van der Waals surface area contributed by atoms with E-state index in [0.717, 1.165) is 5.75 Å². The number of aliphatic imine (C=N–C) groups is 1. The van der Waals surface area contributed by atoms with E-state index >= 15 is 0 Å². The van der Waals surface area contributed by atoms with Crippen LogP contribution in [0, 0.1) is 0 Å². The molecular weight excluding hydrogens is 286 g/mol. The number of thioether (sulfide) groups is 1. The van der Waals surface area contributed by atoms with Gasteiger partial charge in [0.25, 0.3) is 11.8 Å². The lowest BCUT2D eigenvalue weighted by molar-refractivity contribution is -0.122. The van der Waals surface area contributed by atoms with Gasteiger partial charge in [0.05, 0.1) is 18.0 Å². The van der Waals surface area contributed by atoms with Crippen LogP contribution in [0.4, 0.5) is 0 Å². The molecule has 0 radical (unpaired) electrons. The highest BCUT2D eigenvalue weighted by atomic mass is 32.2. The van der Waals surface area contributed by atoms with E-state index in [4.69, 9.17) is 0 Å². The number of thiophene rings is 1. The molecule has 3 N–H and O–H groups in total. The molecule has 102 valence electrons. The van der Waals surface area contributed by atoms with Crippen LogP contribution in [0.2, 0.25) is 0 Å². The molecule has 8 heteroatoms. The van der Waals surface area contributed by atoms with Crippen molar-refractivity contribution in [2.75, 3.05) is 18.9 Å². The SMILES string of the molecule is O=C(NC(CO)C(=O)NC1=NCCS1)c1cccs1. The Morgan fingerprint density at radius 1 is 1.53 bits per heavy atom. The third-order valence-electron chi connectivity index (χ3n) is 2.36. The fourth-order valence-corrected chi connectivity index (χ4v) is 2.79. The molecule has 1 aliphatic heterocycles. The summed E-state index contributed by atoms with van der Waals surface area (Å²) < 4.78 is 0. The van der Waals surface area contributed by atoms with Gasteiger partial charge in [0.1, 0.15) is 6.04 Å². The van der Waals surface area contributed by atoms with Crippen molar-refractivity contribution in [3.05, 3.63) is 22.4 Å². The first-order chi connectivity index (χ1) is 9.20. The number of aliphatic hydroxyl groups excluding tert-OH is 1. The van der Waals surface area contributed by atoms with Crippen molar-refractivity contribution in [3.63, 3.8) is 0 Å². The van der Waals surface area contributed by atoms with Crippen molar-refractivity contribution in [1.29, 1.82) is 0 Å². The summed E-state index contributed by atoms with van der Waals surface area (Å²) in [4.78, 5) is 28.2. The topological polar surface area (TPSA) is 90.8 Å². The summed E-state index contributed by atoms with van der Waals surface area (Å²) in [6.45, 7) is 0.215. The maximum atomic E-state index is 11.9. The van der Waals surface area contributed by atoms with Gasteiger partial charge < -0.3 is 15.7 Å². The molecular formula is C11H13N3O3S2. The van der Waals surface area contributed by atoms with Gasteiger partial charge in [0, 0.05) is 5.75 Å². The molecule has 0 saturated carbocycles. The molecule has 0 saturated heterocycles. The molecule has 1 aliphatic rings. The third-order valence-corrected chi connectivity index (χ3v) is 4.12. The predicted octanol–water partition coefficient (Wildman–Crippen LogP) is 0.0578. The van der Waals surface area contributed by atoms with Crippen molar-refractivity contribution in [2.45, 2.75) is 6.04 Å². The number of carbonyl (C=O) groups excluding carboxylic acids is 2. The summed E-state index contributed by atoms with van der Waals surface area (Å²) in [5.41, 5.74) is 0. The molecule has 0 fully saturated rings. The van der Waals surface area contributed by atoms with E-state index < -0.39 is 18.6 Å². The van der Waals surface area contributed by atoms with Crippen LogP contribution in [-0.4, -0.2) is 47.0 Å². The first kappa shape index (κ1) is 14.0. The number of amidine groups is 1. The zero-order valence-electron chi connectivity index (χ0n) is 9.96. The number of nitrogens with zero attached hydrogens (tertiary/aromatic N) is 1. The van der Waals surface area contributed by atoms with Gasteiger partial charge in [-0.3, -0.25) is 14.6 Å². The highest BCUT2D eigenvalue weighted by Crippen LogP contribution is 2.10. The Labute approximate surface area is 118 Å². The minimum atomic E-state index is -0.974. The zero-order valence-corrected chi connectivity index (χ0v) is 11.6. The van der Waals surface area contributed by atoms with Gasteiger partial charge in [-0.25, -0.2) is 0 Å². The Bertz CT molecular complexity index is 487. The van der Waals surface area contributed by atoms with Gasteiger partial charge in [0.15, 0.2) is 5.17 Å². The van der Waals surface area contributed by atoms with Gasteiger partial charge in [-0.05, 0) is 11.4 Å². The molecule has 2 rings (SSSR count). The molecule has 0 bridgehead atoms. The number of hydrogen-bond acceptors (Lipinski definition) is 6. The van der Waals surface area contributed by atoms with Crippen LogP contribution in [-0.2, 0) is 4.79 Å². The van der Waals surface area contributed by atoms with Crippen molar-refractivity contribution in [2.24, 2.45) is 4.99 Å². The first-order valence-corrected chi connectivity index (χ1v) is 7.50. The van der Waals surface area contributed by atoms with Crippen molar-refractivity contribution in [3.8, 4) is 0 Å². The zero-order chi connectivity index (χ0) is 13.7. The second-order valence-corrected chi connectivity index (χ2v) is 5.74. The van der Waals surface area contributed by atoms with E-state index in [9.17, 15) is 14.7 Å². The first-order valence-electron chi connectivity index (χ1n) is 5.64. The van der Waals surface area contributed by atoms with Gasteiger partial charge in [-0.1, -0.05) is 17.8 Å². The van der Waals surface area contributed by atoms with Crippen LogP contribution in [0.15, 0.2) is 22.5 Å². The van der Waals surface area contributed by atoms with Crippen LogP contribution < -0.4 is 10.6 Å². The summed E-state index contributed by atoms with van der Waals surface area (Å²) in [7, 11) is 0. The smallest absolute Gasteiger partial charge is 0.262 e. The minimum Gasteiger partial charge on any atom is -0.394 e. The van der Waals surface area contributed by atoms with Crippen molar-refractivity contribution in [1.82, 2.24) is 10.6 Å². The Hall–Kier alpha value is -1.38. The number of nitrogens with one attached hydrogen (secondary N) is 2. The molecule has 1 aromatic rings. The molecule has 0 aromatic carbocycles. The molecule has 0 spiro atoms. The number of hydrogen-bond donors (Lipinski definition) is 3. The van der Waals surface area contributed by atoms with E-state index in [1.54, 1.807) is 17.5 Å². The van der Waals surface area contributed by atoms with Crippen LogP contribution in [0.5, 0.6) is 0 Å². The number of aliphatic hydroxyl groups is 1. The lowest BCUT2D eigenvalue weighted by Gasteiger charge is -2.15. The summed E-state index contributed by atoms with van der Waals surface area (Å²) in [5.74, 6) is 0.00629. The normalized spacial score (nSPS) is 15.7. The van der Waals surface area contributed by atoms with Crippen LogP contribution in [0.3, 0.4) is 0 Å². The summed E-state index contributed by atoms with van der Waals surface area (Å²) >= 11 is 2.72. The fourth-order valence-electron chi connectivity index (χ4n) is 1.43. The number of carbonyl (C=O) groups is 2. The van der Waals surface area contributed by atoms with E-state index in [0.29, 0.717) is 16.6 Å². The van der Waals surface area contributed by atoms with Crippen LogP contribution in [0.25, 0.3) is 0 Å². The second-order valence-electron chi connectivity index (χ2n) is 3.71. The molecule has 0 aliphatic carbocycles. The van der Waals surface area contributed by atoms with Crippen LogP contribution >= 0.6 is 23.1 Å². The highest BCUT2D eigenvalue weighted by molar-refractivity contribution is 8.14. The summed E-state index contributed by atoms with van der Waals surface area (Å²) in [6, 6.07) is 2.43. The van der Waals surface area contributed by atoms with E-state index in [1.807, 2.05) is 0 Å². The van der Waals surface area contributed by atoms with Crippen LogP contribution in [0.1, 0.15) is 9.67 Å². The Morgan fingerprint density at radius 2 is 2.37 bits per heavy atom. The molecule has 19 heavy (non-hydrogen) atoms. The van der Waals surface area contributed by atoms with Crippen molar-refractivity contribution < 1.29 is 14.7 Å². The largest absolute Gasteiger partial charge is 0.394 e. The monoisotopic (exact) mass is 299 g/mol. The van der Waals surface area contributed by atoms with Gasteiger partial charge in [0.2, 0.25) is 0 Å². The number of amides is 2. The maximum absolute atomic E-state index is 11.9. The third kappa shape index (κ3) is 3.79. The fraction of sp³-hybridized carbons (Fsp3) is 0.364. The van der Waals surface area contributed by atoms with E-state index in [1.165, 1.54) is 23.1 Å². The Morgan fingerprint density at radius 3 is 2.95 bits per heavy atom. The van der Waals surface area contributed by atoms with Crippen molar-refractivity contribution >= 4 is 40.1 Å². The molecule has 1 atom stereocenters. The lowest BCUT2D eigenvalue weighted by atomic mass is 10.3. The average molecular weight is 299 g/mol. The standard InChI is InChI=1S/C11H13N3O3S2/c15-6-7(9(16)14-11-12-3-5-19-11)13-10(17)8-2-1-4-18-8/h1-2,4,7,15H,3,5-6H2,(H,13,17)(H,12,14,16). The predicted molar refractivity (Wildman–Crippen MR) is 75.6 cm³/mol. The maximum Gasteiger partial charge on any atom is 0.262 e.